The van der Waals surface area contributed by atoms with Crippen LogP contribution in [0.4, 0.5) is 17.1 Å². The molecule has 4 N–H and O–H groups in total. The molecule has 2 aromatic carbocycles. The largest absolute Gasteiger partial charge is 0.478 e. The lowest BCUT2D eigenvalue weighted by atomic mass is 10.1. The predicted octanol–water partition coefficient (Wildman–Crippen LogP) is 3.67. The molecule has 0 atom stereocenters. The van der Waals surface area contributed by atoms with Gasteiger partial charge < -0.3 is 16.2 Å². The number of nitrogen functional groups attached to an aromatic ring is 1. The molecule has 0 aliphatic heterocycles. The highest BCUT2D eigenvalue weighted by atomic mass is 35.5. The third-order valence-electron chi connectivity index (χ3n) is 2.71. The maximum absolute atomic E-state index is 11.2. The van der Waals surface area contributed by atoms with Gasteiger partial charge in [-0.1, -0.05) is 23.7 Å². The normalized spacial score (nSPS) is 10.2. The monoisotopic (exact) mass is 276 g/mol. The van der Waals surface area contributed by atoms with E-state index in [2.05, 4.69) is 5.32 Å². The molecule has 19 heavy (non-hydrogen) atoms. The SMILES string of the molecule is Cc1ccc(Nc2c(N)cccc2C(=O)O)c(Cl)c1. The second-order valence-corrected chi connectivity index (χ2v) is 4.59. The van der Waals surface area contributed by atoms with Crippen molar-refractivity contribution < 1.29 is 9.90 Å². The Labute approximate surface area is 115 Å². The minimum atomic E-state index is -1.04. The van der Waals surface area contributed by atoms with Crippen molar-refractivity contribution in [2.24, 2.45) is 0 Å². The van der Waals surface area contributed by atoms with Crippen LogP contribution in [0.3, 0.4) is 0 Å². The van der Waals surface area contributed by atoms with E-state index in [1.54, 1.807) is 24.3 Å². The number of nitrogens with one attached hydrogen (secondary N) is 1. The van der Waals surface area contributed by atoms with E-state index in [0.717, 1.165) is 5.56 Å². The van der Waals surface area contributed by atoms with Crippen molar-refractivity contribution in [3.05, 3.63) is 52.5 Å². The van der Waals surface area contributed by atoms with Crippen LogP contribution in [0.1, 0.15) is 15.9 Å². The maximum Gasteiger partial charge on any atom is 0.337 e. The molecule has 0 amide bonds. The van der Waals surface area contributed by atoms with E-state index in [-0.39, 0.29) is 5.56 Å². The summed E-state index contributed by atoms with van der Waals surface area (Å²) >= 11 is 6.11. The Morgan fingerprint density at radius 1 is 1.32 bits per heavy atom. The third kappa shape index (κ3) is 2.80. The highest BCUT2D eigenvalue weighted by Crippen LogP contribution is 2.31. The Balaban J connectivity index is 2.46. The minimum Gasteiger partial charge on any atom is -0.478 e. The number of carboxylic acid groups (broad SMARTS) is 1. The first-order valence-corrected chi connectivity index (χ1v) is 6.02. The van der Waals surface area contributed by atoms with Crippen molar-refractivity contribution in [3.8, 4) is 0 Å². The summed E-state index contributed by atoms with van der Waals surface area (Å²) in [6.07, 6.45) is 0. The number of hydrogen-bond acceptors (Lipinski definition) is 3. The van der Waals surface area contributed by atoms with Crippen molar-refractivity contribution in [1.82, 2.24) is 0 Å². The lowest BCUT2D eigenvalue weighted by Crippen LogP contribution is -2.06. The zero-order valence-electron chi connectivity index (χ0n) is 10.3. The van der Waals surface area contributed by atoms with Crippen LogP contribution in [-0.4, -0.2) is 11.1 Å². The van der Waals surface area contributed by atoms with Gasteiger partial charge in [-0.05, 0) is 36.8 Å². The fourth-order valence-corrected chi connectivity index (χ4v) is 2.03. The van der Waals surface area contributed by atoms with Crippen LogP contribution in [0.2, 0.25) is 5.02 Å². The lowest BCUT2D eigenvalue weighted by molar-refractivity contribution is 0.0698. The molecule has 0 aromatic heterocycles. The molecular formula is C14H13ClN2O2. The van der Waals surface area contributed by atoms with E-state index in [4.69, 9.17) is 22.4 Å². The number of nitrogens with two attached hydrogens (primary N) is 1. The second-order valence-electron chi connectivity index (χ2n) is 4.18. The van der Waals surface area contributed by atoms with Crippen molar-refractivity contribution in [3.63, 3.8) is 0 Å². The van der Waals surface area contributed by atoms with Gasteiger partial charge in [-0.25, -0.2) is 4.79 Å². The van der Waals surface area contributed by atoms with Gasteiger partial charge in [-0.3, -0.25) is 0 Å². The highest BCUT2D eigenvalue weighted by Gasteiger charge is 2.13. The van der Waals surface area contributed by atoms with Gasteiger partial charge in [0.2, 0.25) is 0 Å². The number of aryl methyl sites for hydroxylation is 1. The summed E-state index contributed by atoms with van der Waals surface area (Å²) in [6, 6.07) is 10.2. The summed E-state index contributed by atoms with van der Waals surface area (Å²) in [5.41, 5.74) is 8.27. The van der Waals surface area contributed by atoms with E-state index in [1.165, 1.54) is 6.07 Å². The molecule has 4 nitrogen and oxygen atoms in total. The molecule has 0 saturated heterocycles. The molecule has 0 saturated carbocycles. The van der Waals surface area contributed by atoms with Gasteiger partial charge in [-0.2, -0.15) is 0 Å². The number of anilines is 3. The van der Waals surface area contributed by atoms with Crippen molar-refractivity contribution in [2.45, 2.75) is 6.92 Å². The molecule has 0 radical (unpaired) electrons. The molecule has 0 fully saturated rings. The number of carboxylic acids is 1. The summed E-state index contributed by atoms with van der Waals surface area (Å²) in [6.45, 7) is 1.93. The molecule has 2 aromatic rings. The van der Waals surface area contributed by atoms with Crippen LogP contribution in [0.15, 0.2) is 36.4 Å². The number of hydrogen-bond donors (Lipinski definition) is 3. The first-order valence-electron chi connectivity index (χ1n) is 5.64. The van der Waals surface area contributed by atoms with Gasteiger partial charge >= 0.3 is 5.97 Å². The zero-order chi connectivity index (χ0) is 14.0. The Morgan fingerprint density at radius 3 is 2.68 bits per heavy atom. The fraction of sp³-hybridized carbons (Fsp3) is 0.0714. The van der Waals surface area contributed by atoms with Crippen LogP contribution in [-0.2, 0) is 0 Å². The van der Waals surface area contributed by atoms with Gasteiger partial charge in [0.05, 0.1) is 27.6 Å². The van der Waals surface area contributed by atoms with Crippen LogP contribution in [0.5, 0.6) is 0 Å². The lowest BCUT2D eigenvalue weighted by Gasteiger charge is -2.13. The number of para-hydroxylation sites is 1. The molecule has 0 aliphatic carbocycles. The molecular weight excluding hydrogens is 264 g/mol. The van der Waals surface area contributed by atoms with E-state index in [0.29, 0.717) is 22.1 Å². The summed E-state index contributed by atoms with van der Waals surface area (Å²) in [7, 11) is 0. The van der Waals surface area contributed by atoms with Crippen LogP contribution in [0, 0.1) is 6.92 Å². The zero-order valence-corrected chi connectivity index (χ0v) is 11.0. The molecule has 0 bridgehead atoms. The summed E-state index contributed by atoms with van der Waals surface area (Å²) in [5, 5.41) is 12.6. The third-order valence-corrected chi connectivity index (χ3v) is 3.02. The van der Waals surface area contributed by atoms with Gasteiger partial charge in [0.15, 0.2) is 0 Å². The van der Waals surface area contributed by atoms with Gasteiger partial charge in [0, 0.05) is 0 Å². The van der Waals surface area contributed by atoms with Gasteiger partial charge in [-0.15, -0.1) is 0 Å². The number of carbonyl (C=O) groups is 1. The van der Waals surface area contributed by atoms with Crippen molar-refractivity contribution in [1.29, 1.82) is 0 Å². The predicted molar refractivity (Wildman–Crippen MR) is 77.3 cm³/mol. The molecule has 2 rings (SSSR count). The van der Waals surface area contributed by atoms with Crippen LogP contribution in [0.25, 0.3) is 0 Å². The van der Waals surface area contributed by atoms with Crippen LogP contribution < -0.4 is 11.1 Å². The standard InChI is InChI=1S/C14H13ClN2O2/c1-8-5-6-12(10(15)7-8)17-13-9(14(18)19)3-2-4-11(13)16/h2-7,17H,16H2,1H3,(H,18,19). The molecule has 98 valence electrons. The topological polar surface area (TPSA) is 75.3 Å². The Kier molecular flexibility index (Phi) is 3.62. The maximum atomic E-state index is 11.2. The van der Waals surface area contributed by atoms with Gasteiger partial charge in [0.25, 0.3) is 0 Å². The number of halogens is 1. The minimum absolute atomic E-state index is 0.108. The Bertz CT molecular complexity index is 641. The van der Waals surface area contributed by atoms with E-state index >= 15 is 0 Å². The molecule has 5 heteroatoms. The molecule has 0 aliphatic rings. The summed E-state index contributed by atoms with van der Waals surface area (Å²) < 4.78 is 0. The quantitative estimate of drug-likeness (QED) is 0.748. The first kappa shape index (κ1) is 13.2. The number of rotatable bonds is 3. The number of aromatic carboxylic acids is 1. The molecule has 0 spiro atoms. The molecule has 0 heterocycles. The Morgan fingerprint density at radius 2 is 2.05 bits per heavy atom. The number of benzene rings is 2. The first-order chi connectivity index (χ1) is 8.99. The van der Waals surface area contributed by atoms with E-state index < -0.39 is 5.97 Å². The van der Waals surface area contributed by atoms with E-state index in [9.17, 15) is 4.79 Å². The average Bonchev–Trinajstić information content (AvgIpc) is 2.34. The van der Waals surface area contributed by atoms with E-state index in [1.807, 2.05) is 13.0 Å². The van der Waals surface area contributed by atoms with Crippen molar-refractivity contribution in [2.75, 3.05) is 11.1 Å². The summed E-state index contributed by atoms with van der Waals surface area (Å²) in [5.74, 6) is -1.04. The fourth-order valence-electron chi connectivity index (χ4n) is 1.74. The van der Waals surface area contributed by atoms with Crippen LogP contribution >= 0.6 is 11.6 Å². The highest BCUT2D eigenvalue weighted by molar-refractivity contribution is 6.33. The average molecular weight is 277 g/mol. The molecule has 0 unspecified atom stereocenters. The summed E-state index contributed by atoms with van der Waals surface area (Å²) in [4.78, 5) is 11.2. The van der Waals surface area contributed by atoms with Crippen molar-refractivity contribution >= 4 is 34.6 Å². The Hall–Kier alpha value is -2.20. The smallest absolute Gasteiger partial charge is 0.337 e. The van der Waals surface area contributed by atoms with Gasteiger partial charge in [0.1, 0.15) is 0 Å². The second kappa shape index (κ2) is 5.20.